The number of carbonyl (C=O) groups is 1. The highest BCUT2D eigenvalue weighted by atomic mass is 16.5. The number of rotatable bonds is 0. The first-order valence-electron chi connectivity index (χ1n) is 4.66. The number of Topliss-reactive ketones (excluding diaryl/α,β-unsaturated/α-hetero) is 1. The van der Waals surface area contributed by atoms with Gasteiger partial charge in [-0.1, -0.05) is 0 Å². The van der Waals surface area contributed by atoms with Crippen LogP contribution in [-0.4, -0.2) is 17.0 Å². The molecule has 3 aliphatic rings. The quantitative estimate of drug-likeness (QED) is 0.552. The number of carbonyl (C=O) groups excluding carboxylic acids is 1. The summed E-state index contributed by atoms with van der Waals surface area (Å²) in [5, 5.41) is 0. The van der Waals surface area contributed by atoms with Gasteiger partial charge in [0.15, 0.2) is 0 Å². The Morgan fingerprint density at radius 1 is 1.42 bits per heavy atom. The number of hydrogen-bond donors (Lipinski definition) is 0. The van der Waals surface area contributed by atoms with E-state index in [4.69, 9.17) is 4.74 Å². The lowest BCUT2D eigenvalue weighted by Gasteiger charge is -2.52. The van der Waals surface area contributed by atoms with Crippen LogP contribution < -0.4 is 0 Å². The molecule has 0 radical (unpaired) electrons. The van der Waals surface area contributed by atoms with Gasteiger partial charge in [0.1, 0.15) is 5.78 Å². The molecular weight excluding hydrogens is 152 g/mol. The highest BCUT2D eigenvalue weighted by Crippen LogP contribution is 2.47. The summed E-state index contributed by atoms with van der Waals surface area (Å²) in [7, 11) is 0. The van der Waals surface area contributed by atoms with E-state index < -0.39 is 0 Å². The van der Waals surface area contributed by atoms with Crippen LogP contribution in [0.1, 0.15) is 40.0 Å². The Balaban J connectivity index is 2.34. The van der Waals surface area contributed by atoms with Crippen LogP contribution in [0.25, 0.3) is 0 Å². The van der Waals surface area contributed by atoms with Crippen molar-refractivity contribution in [3.8, 4) is 0 Å². The molecule has 2 atom stereocenters. The molecule has 2 heteroatoms. The Kier molecular flexibility index (Phi) is 1.45. The molecule has 2 nitrogen and oxygen atoms in total. The highest BCUT2D eigenvalue weighted by molar-refractivity contribution is 5.84. The molecule has 0 aromatic rings. The molecule has 3 fully saturated rings. The van der Waals surface area contributed by atoms with Crippen LogP contribution >= 0.6 is 0 Å². The molecule has 1 saturated carbocycles. The summed E-state index contributed by atoms with van der Waals surface area (Å²) in [6.07, 6.45) is 2.69. The Morgan fingerprint density at radius 2 is 2.08 bits per heavy atom. The smallest absolute Gasteiger partial charge is 0.141 e. The lowest BCUT2D eigenvalue weighted by atomic mass is 9.68. The number of hydrogen-bond acceptors (Lipinski definition) is 2. The topological polar surface area (TPSA) is 26.3 Å². The van der Waals surface area contributed by atoms with E-state index >= 15 is 0 Å². The lowest BCUT2D eigenvalue weighted by Crippen LogP contribution is -2.58. The fourth-order valence-electron chi connectivity index (χ4n) is 2.72. The van der Waals surface area contributed by atoms with Gasteiger partial charge in [-0.25, -0.2) is 0 Å². The van der Waals surface area contributed by atoms with Crippen LogP contribution in [0.15, 0.2) is 0 Å². The van der Waals surface area contributed by atoms with Crippen molar-refractivity contribution in [2.75, 3.05) is 0 Å². The minimum absolute atomic E-state index is 0.152. The molecule has 2 bridgehead atoms. The van der Waals surface area contributed by atoms with Crippen molar-refractivity contribution in [1.29, 1.82) is 0 Å². The van der Waals surface area contributed by atoms with Crippen LogP contribution in [0.2, 0.25) is 0 Å². The van der Waals surface area contributed by atoms with E-state index in [2.05, 4.69) is 6.92 Å². The average molecular weight is 168 g/mol. The van der Waals surface area contributed by atoms with Crippen molar-refractivity contribution in [3.63, 3.8) is 0 Å². The molecule has 12 heavy (non-hydrogen) atoms. The van der Waals surface area contributed by atoms with Gasteiger partial charge in [-0.05, 0) is 33.6 Å². The van der Waals surface area contributed by atoms with Crippen molar-refractivity contribution in [2.24, 2.45) is 5.92 Å². The third-order valence-corrected chi connectivity index (χ3v) is 3.25. The summed E-state index contributed by atoms with van der Waals surface area (Å²) in [5.74, 6) is 0.555. The monoisotopic (exact) mass is 168 g/mol. The third kappa shape index (κ3) is 1.01. The van der Waals surface area contributed by atoms with Gasteiger partial charge in [-0.3, -0.25) is 4.79 Å². The first-order valence-corrected chi connectivity index (χ1v) is 4.66. The summed E-state index contributed by atoms with van der Waals surface area (Å²) < 4.78 is 5.91. The molecule has 68 valence electrons. The standard InChI is InChI=1S/C10H16O2/c1-9(2)7-4-5-10(3,12-9)6-8(7)11/h7H,4-6H2,1-3H3/t7-,10+/m0/s1. The van der Waals surface area contributed by atoms with E-state index in [-0.39, 0.29) is 17.1 Å². The predicted molar refractivity (Wildman–Crippen MR) is 45.9 cm³/mol. The molecular formula is C10H16O2. The van der Waals surface area contributed by atoms with E-state index in [1.165, 1.54) is 0 Å². The number of ether oxygens (including phenoxy) is 1. The Labute approximate surface area is 73.3 Å². The first kappa shape index (κ1) is 8.24. The zero-order valence-electron chi connectivity index (χ0n) is 8.02. The van der Waals surface area contributed by atoms with E-state index in [0.29, 0.717) is 12.2 Å². The maximum atomic E-state index is 11.6. The molecule has 3 rings (SSSR count). The number of fused-ring (bicyclic) bond motifs is 3. The fourth-order valence-corrected chi connectivity index (χ4v) is 2.72. The SMILES string of the molecule is CC1(C)O[C@]2(C)CC[C@H]1C(=O)C2. The summed E-state index contributed by atoms with van der Waals surface area (Å²) in [5.41, 5.74) is -0.377. The second-order valence-electron chi connectivity index (χ2n) is 4.89. The molecule has 0 aromatic carbocycles. The molecule has 0 spiro atoms. The van der Waals surface area contributed by atoms with E-state index in [9.17, 15) is 4.79 Å². The van der Waals surface area contributed by atoms with Gasteiger partial charge in [0, 0.05) is 12.3 Å². The zero-order chi connectivity index (χ0) is 8.98. The molecule has 0 unspecified atom stereocenters. The van der Waals surface area contributed by atoms with Crippen molar-refractivity contribution in [2.45, 2.75) is 51.2 Å². The molecule has 2 aliphatic heterocycles. The molecule has 2 heterocycles. The van der Waals surface area contributed by atoms with Gasteiger partial charge >= 0.3 is 0 Å². The van der Waals surface area contributed by atoms with Gasteiger partial charge in [-0.15, -0.1) is 0 Å². The Bertz CT molecular complexity index is 229. The third-order valence-electron chi connectivity index (χ3n) is 3.25. The fraction of sp³-hybridized carbons (Fsp3) is 0.900. The van der Waals surface area contributed by atoms with Crippen LogP contribution in [0.5, 0.6) is 0 Å². The van der Waals surface area contributed by atoms with Gasteiger partial charge in [0.25, 0.3) is 0 Å². The molecule has 0 amide bonds. The second-order valence-corrected chi connectivity index (χ2v) is 4.89. The number of ketones is 1. The van der Waals surface area contributed by atoms with Crippen molar-refractivity contribution < 1.29 is 9.53 Å². The van der Waals surface area contributed by atoms with Gasteiger partial charge in [0.05, 0.1) is 11.2 Å². The molecule has 0 aromatic heterocycles. The largest absolute Gasteiger partial charge is 0.368 e. The zero-order valence-corrected chi connectivity index (χ0v) is 8.02. The molecule has 0 N–H and O–H groups in total. The van der Waals surface area contributed by atoms with E-state index in [1.807, 2.05) is 13.8 Å². The maximum absolute atomic E-state index is 11.6. The minimum Gasteiger partial charge on any atom is -0.368 e. The van der Waals surface area contributed by atoms with Gasteiger partial charge in [-0.2, -0.15) is 0 Å². The van der Waals surface area contributed by atoms with Crippen molar-refractivity contribution in [1.82, 2.24) is 0 Å². The second kappa shape index (κ2) is 2.11. The minimum atomic E-state index is -0.220. The van der Waals surface area contributed by atoms with Crippen LogP contribution in [0, 0.1) is 5.92 Å². The Hall–Kier alpha value is -0.370. The van der Waals surface area contributed by atoms with Crippen molar-refractivity contribution in [3.05, 3.63) is 0 Å². The van der Waals surface area contributed by atoms with Crippen LogP contribution in [0.4, 0.5) is 0 Å². The average Bonchev–Trinajstić information content (AvgIpc) is 1.80. The van der Waals surface area contributed by atoms with Gasteiger partial charge < -0.3 is 4.74 Å². The Morgan fingerprint density at radius 3 is 2.50 bits per heavy atom. The summed E-state index contributed by atoms with van der Waals surface area (Å²) >= 11 is 0. The summed E-state index contributed by atoms with van der Waals surface area (Å²) in [4.78, 5) is 11.6. The summed E-state index contributed by atoms with van der Waals surface area (Å²) in [6.45, 7) is 6.13. The van der Waals surface area contributed by atoms with E-state index in [0.717, 1.165) is 12.8 Å². The van der Waals surface area contributed by atoms with Gasteiger partial charge in [0.2, 0.25) is 0 Å². The predicted octanol–water partition coefficient (Wildman–Crippen LogP) is 1.92. The normalized spacial score (nSPS) is 44.9. The highest BCUT2D eigenvalue weighted by Gasteiger charge is 2.52. The maximum Gasteiger partial charge on any atom is 0.141 e. The molecule has 1 aliphatic carbocycles. The molecule has 2 saturated heterocycles. The van der Waals surface area contributed by atoms with Crippen molar-refractivity contribution >= 4 is 5.78 Å². The van der Waals surface area contributed by atoms with E-state index in [1.54, 1.807) is 0 Å². The first-order chi connectivity index (χ1) is 5.43. The van der Waals surface area contributed by atoms with Crippen LogP contribution in [0.3, 0.4) is 0 Å². The van der Waals surface area contributed by atoms with Crippen LogP contribution in [-0.2, 0) is 9.53 Å². The summed E-state index contributed by atoms with van der Waals surface area (Å²) in [6, 6.07) is 0. The lowest BCUT2D eigenvalue weighted by molar-refractivity contribution is -0.221.